The number of thiophene rings is 1. The molecular formula is C15H19F5N4O2S. The first-order chi connectivity index (χ1) is 12.6. The minimum atomic E-state index is -4.53. The smallest absolute Gasteiger partial charge is 0.329 e. The summed E-state index contributed by atoms with van der Waals surface area (Å²) in [4.78, 5) is 25.7. The van der Waals surface area contributed by atoms with Crippen LogP contribution < -0.4 is 22.3 Å². The monoisotopic (exact) mass is 414 g/mol. The molecule has 12 heteroatoms. The summed E-state index contributed by atoms with van der Waals surface area (Å²) in [5.41, 5.74) is 3.75. The molecule has 0 saturated heterocycles. The van der Waals surface area contributed by atoms with Crippen molar-refractivity contribution in [1.29, 1.82) is 0 Å². The molecule has 152 valence electrons. The number of hydrogen-bond acceptors (Lipinski definition) is 5. The van der Waals surface area contributed by atoms with E-state index in [0.29, 0.717) is 34.6 Å². The van der Waals surface area contributed by atoms with Gasteiger partial charge in [0.15, 0.2) is 0 Å². The minimum absolute atomic E-state index is 0.00743. The average molecular weight is 414 g/mol. The molecule has 0 fully saturated rings. The van der Waals surface area contributed by atoms with Gasteiger partial charge in [-0.2, -0.15) is 13.2 Å². The highest BCUT2D eigenvalue weighted by Gasteiger charge is 2.29. The molecule has 0 radical (unpaired) electrons. The Kier molecular flexibility index (Phi) is 6.76. The third-order valence-electron chi connectivity index (χ3n) is 3.94. The molecule has 2 aromatic heterocycles. The van der Waals surface area contributed by atoms with Crippen molar-refractivity contribution in [3.8, 4) is 0 Å². The Morgan fingerprint density at radius 3 is 2.44 bits per heavy atom. The SMILES string of the molecule is Cc1c(CNCCN)sc2c1c(=O)n(CC(F)F)c(=O)n2CCC(F)(F)F. The number of aromatic nitrogens is 2. The highest BCUT2D eigenvalue weighted by molar-refractivity contribution is 7.18. The van der Waals surface area contributed by atoms with Gasteiger partial charge in [0.25, 0.3) is 12.0 Å². The van der Waals surface area contributed by atoms with Crippen LogP contribution in [0.5, 0.6) is 0 Å². The van der Waals surface area contributed by atoms with Crippen molar-refractivity contribution < 1.29 is 22.0 Å². The third-order valence-corrected chi connectivity index (χ3v) is 5.25. The number of halogens is 5. The van der Waals surface area contributed by atoms with Gasteiger partial charge in [-0.1, -0.05) is 0 Å². The molecule has 2 heterocycles. The fraction of sp³-hybridized carbons (Fsp3) is 0.600. The van der Waals surface area contributed by atoms with Gasteiger partial charge < -0.3 is 11.1 Å². The van der Waals surface area contributed by atoms with Crippen molar-refractivity contribution in [1.82, 2.24) is 14.5 Å². The van der Waals surface area contributed by atoms with Crippen LogP contribution in [0.2, 0.25) is 0 Å². The molecule has 0 aromatic carbocycles. The molecule has 0 bridgehead atoms. The van der Waals surface area contributed by atoms with E-state index in [-0.39, 0.29) is 10.2 Å². The summed E-state index contributed by atoms with van der Waals surface area (Å²) in [6, 6.07) is 0. The number of alkyl halides is 5. The predicted molar refractivity (Wildman–Crippen MR) is 92.5 cm³/mol. The van der Waals surface area contributed by atoms with Gasteiger partial charge in [-0.3, -0.25) is 13.9 Å². The molecule has 0 atom stereocenters. The quantitative estimate of drug-likeness (QED) is 0.510. The van der Waals surface area contributed by atoms with Crippen molar-refractivity contribution in [2.45, 2.75) is 45.6 Å². The van der Waals surface area contributed by atoms with Gasteiger partial charge in [0.2, 0.25) is 0 Å². The van der Waals surface area contributed by atoms with Crippen LogP contribution in [0.25, 0.3) is 10.2 Å². The topological polar surface area (TPSA) is 82.1 Å². The maximum Gasteiger partial charge on any atom is 0.390 e. The fourth-order valence-corrected chi connectivity index (χ4v) is 3.93. The standard InChI is InChI=1S/C15H19F5N4O2S/c1-8-9(6-22-4-3-21)27-13-11(8)12(25)24(7-10(16)17)14(26)23(13)5-2-15(18,19)20/h10,22H,2-7,21H2,1H3. The van der Waals surface area contributed by atoms with Gasteiger partial charge in [-0.05, 0) is 12.5 Å². The van der Waals surface area contributed by atoms with Crippen LogP contribution in [0.3, 0.4) is 0 Å². The largest absolute Gasteiger partial charge is 0.390 e. The zero-order valence-electron chi connectivity index (χ0n) is 14.4. The maximum absolute atomic E-state index is 12.8. The number of nitrogens with zero attached hydrogens (tertiary/aromatic N) is 2. The lowest BCUT2D eigenvalue weighted by molar-refractivity contribution is -0.136. The van der Waals surface area contributed by atoms with Crippen LogP contribution in [-0.4, -0.2) is 34.8 Å². The first-order valence-corrected chi connectivity index (χ1v) is 8.89. The molecule has 27 heavy (non-hydrogen) atoms. The molecule has 0 spiro atoms. The van der Waals surface area contributed by atoms with Gasteiger partial charge in [-0.15, -0.1) is 11.3 Å². The molecular weight excluding hydrogens is 395 g/mol. The van der Waals surface area contributed by atoms with Gasteiger partial charge in [0, 0.05) is 31.1 Å². The van der Waals surface area contributed by atoms with E-state index in [1.807, 2.05) is 0 Å². The highest BCUT2D eigenvalue weighted by atomic mass is 32.1. The average Bonchev–Trinajstić information content (AvgIpc) is 2.87. The van der Waals surface area contributed by atoms with Gasteiger partial charge in [0.05, 0.1) is 18.4 Å². The van der Waals surface area contributed by atoms with Crippen molar-refractivity contribution in [3.05, 3.63) is 31.3 Å². The molecule has 0 amide bonds. The fourth-order valence-electron chi connectivity index (χ4n) is 2.65. The molecule has 6 nitrogen and oxygen atoms in total. The van der Waals surface area contributed by atoms with Crippen LogP contribution in [-0.2, 0) is 19.6 Å². The lowest BCUT2D eigenvalue weighted by Crippen LogP contribution is -2.41. The first-order valence-electron chi connectivity index (χ1n) is 8.08. The maximum atomic E-state index is 12.8. The van der Waals surface area contributed by atoms with Crippen LogP contribution >= 0.6 is 11.3 Å². The highest BCUT2D eigenvalue weighted by Crippen LogP contribution is 2.29. The Bertz CT molecular complexity index is 916. The van der Waals surface area contributed by atoms with Crippen LogP contribution in [0.1, 0.15) is 16.9 Å². The van der Waals surface area contributed by atoms with E-state index >= 15 is 0 Å². The third kappa shape index (κ3) is 4.93. The van der Waals surface area contributed by atoms with Crippen molar-refractivity contribution in [2.24, 2.45) is 5.73 Å². The van der Waals surface area contributed by atoms with Crippen LogP contribution in [0, 0.1) is 6.92 Å². The molecule has 0 aliphatic heterocycles. The molecule has 0 unspecified atom stereocenters. The van der Waals surface area contributed by atoms with E-state index in [2.05, 4.69) is 5.32 Å². The number of nitrogens with one attached hydrogen (secondary N) is 1. The number of nitrogens with two attached hydrogens (primary N) is 1. The Balaban J connectivity index is 2.66. The van der Waals surface area contributed by atoms with Crippen molar-refractivity contribution in [2.75, 3.05) is 13.1 Å². The summed E-state index contributed by atoms with van der Waals surface area (Å²) in [6.45, 7) is 0.786. The molecule has 0 saturated carbocycles. The normalized spacial score (nSPS) is 12.4. The summed E-state index contributed by atoms with van der Waals surface area (Å²) < 4.78 is 64.5. The molecule has 0 aliphatic carbocycles. The zero-order valence-corrected chi connectivity index (χ0v) is 15.2. The molecule has 2 aromatic rings. The number of hydrogen-bond donors (Lipinski definition) is 2. The lowest BCUT2D eigenvalue weighted by atomic mass is 10.2. The van der Waals surface area contributed by atoms with E-state index in [4.69, 9.17) is 5.73 Å². The number of aryl methyl sites for hydroxylation is 2. The van der Waals surface area contributed by atoms with Gasteiger partial charge >= 0.3 is 11.9 Å². The zero-order chi connectivity index (χ0) is 20.4. The van der Waals surface area contributed by atoms with E-state index in [9.17, 15) is 31.5 Å². The summed E-state index contributed by atoms with van der Waals surface area (Å²) in [7, 11) is 0. The van der Waals surface area contributed by atoms with E-state index in [1.54, 1.807) is 6.92 Å². The Labute approximate surface area is 154 Å². The number of fused-ring (bicyclic) bond motifs is 1. The lowest BCUT2D eigenvalue weighted by Gasteiger charge is -2.13. The second-order valence-electron chi connectivity index (χ2n) is 5.90. The summed E-state index contributed by atoms with van der Waals surface area (Å²) >= 11 is 0.999. The summed E-state index contributed by atoms with van der Waals surface area (Å²) in [6.07, 6.45) is -8.84. The van der Waals surface area contributed by atoms with E-state index in [1.165, 1.54) is 0 Å². The Hall–Kier alpha value is -1.79. The van der Waals surface area contributed by atoms with Gasteiger partial charge in [0.1, 0.15) is 4.83 Å². The van der Waals surface area contributed by atoms with Crippen molar-refractivity contribution >= 4 is 21.6 Å². The summed E-state index contributed by atoms with van der Waals surface area (Å²) in [5, 5.41) is 2.99. The summed E-state index contributed by atoms with van der Waals surface area (Å²) in [5.74, 6) is 0. The first kappa shape index (κ1) is 21.5. The van der Waals surface area contributed by atoms with Gasteiger partial charge in [-0.25, -0.2) is 13.6 Å². The second-order valence-corrected chi connectivity index (χ2v) is 6.99. The predicted octanol–water partition coefficient (Wildman–Crippen LogP) is 1.80. The number of rotatable bonds is 8. The van der Waals surface area contributed by atoms with E-state index in [0.717, 1.165) is 15.9 Å². The van der Waals surface area contributed by atoms with Crippen LogP contribution in [0.15, 0.2) is 9.59 Å². The van der Waals surface area contributed by atoms with Crippen LogP contribution in [0.4, 0.5) is 22.0 Å². The minimum Gasteiger partial charge on any atom is -0.329 e. The molecule has 2 rings (SSSR count). The van der Waals surface area contributed by atoms with E-state index < -0.39 is 43.4 Å². The Morgan fingerprint density at radius 2 is 1.89 bits per heavy atom. The molecule has 3 N–H and O–H groups in total. The molecule has 0 aliphatic rings. The Morgan fingerprint density at radius 1 is 1.22 bits per heavy atom. The van der Waals surface area contributed by atoms with Crippen molar-refractivity contribution in [3.63, 3.8) is 0 Å². The second kappa shape index (κ2) is 8.48.